The highest BCUT2D eigenvalue weighted by molar-refractivity contribution is 7.31. The van der Waals surface area contributed by atoms with Crippen LogP contribution in [0, 0.1) is 5.92 Å². The van der Waals surface area contributed by atoms with Crippen molar-refractivity contribution in [3.63, 3.8) is 0 Å². The smallest absolute Gasteiger partial charge is 0.467 e. The molecule has 0 amide bonds. The summed E-state index contributed by atoms with van der Waals surface area (Å²) in [5, 5.41) is 0. The summed E-state index contributed by atoms with van der Waals surface area (Å²) in [5.41, 5.74) is 1.69. The van der Waals surface area contributed by atoms with Gasteiger partial charge in [-0.25, -0.2) is 0 Å². The minimum absolute atomic E-state index is 0.584. The van der Waals surface area contributed by atoms with E-state index in [2.05, 4.69) is 41.2 Å². The fourth-order valence-corrected chi connectivity index (χ4v) is 8.82. The molecule has 0 aliphatic heterocycles. The summed E-state index contributed by atoms with van der Waals surface area (Å²) < 4.78 is 24.2. The molecule has 0 aliphatic rings. The van der Waals surface area contributed by atoms with Gasteiger partial charge in [-0.2, -0.15) is 0 Å². The van der Waals surface area contributed by atoms with Gasteiger partial charge in [-0.3, -0.25) is 0 Å². The second kappa shape index (κ2) is 57.4. The Bertz CT molecular complexity index is 919. The molecule has 0 radical (unpaired) electrons. The second-order valence-electron chi connectivity index (χ2n) is 18.8. The van der Waals surface area contributed by atoms with Crippen molar-refractivity contribution in [3.05, 3.63) is 23.7 Å². The molecule has 63 heavy (non-hydrogen) atoms. The maximum Gasteiger partial charge on any atom is 0.692 e. The first-order valence-electron chi connectivity index (χ1n) is 27.3. The number of hydrogen-bond acceptors (Lipinski definition) is 3. The van der Waals surface area contributed by atoms with Crippen molar-refractivity contribution >= 4 is 16.5 Å². The largest absolute Gasteiger partial charge is 0.692 e. The van der Waals surface area contributed by atoms with Gasteiger partial charge in [0.15, 0.2) is 0 Å². The summed E-state index contributed by atoms with van der Waals surface area (Å²) in [4.78, 5) is 28.5. The summed E-state index contributed by atoms with van der Waals surface area (Å²) in [6, 6.07) is 0. The van der Waals surface area contributed by atoms with E-state index < -0.39 is 16.5 Å². The highest BCUT2D eigenvalue weighted by Gasteiger charge is 2.21. The van der Waals surface area contributed by atoms with Gasteiger partial charge < -0.3 is 4.74 Å². The molecule has 0 heterocycles. The quantitative estimate of drug-likeness (QED) is 0.0272. The normalized spacial score (nSPS) is 10.9. The van der Waals surface area contributed by atoms with E-state index in [1.54, 1.807) is 5.57 Å². The predicted octanol–water partition coefficient (Wildman–Crippen LogP) is 19.9. The fraction of sp³-hybridized carbons (Fsp3) is 0.926. The molecule has 0 spiro atoms. The molecular weight excluding hydrogens is 823 g/mol. The van der Waals surface area contributed by atoms with Gasteiger partial charge in [0.05, 0.1) is 5.76 Å². The van der Waals surface area contributed by atoms with Gasteiger partial charge in [0.25, 0.3) is 0 Å². The van der Waals surface area contributed by atoms with Gasteiger partial charge in [-0.1, -0.05) is 278 Å². The Morgan fingerprint density at radius 2 is 0.571 bits per heavy atom. The average Bonchev–Trinajstić information content (AvgIpc) is 3.23. The standard InChI is InChI=1S/C54H106O.2HO3P/c1-7-11-15-19-23-27-31-35-39-43-47-52(48-44-40-36-32-28-24-20-16-12-8-2)54(55-51(5)6)53(49-45-41-37-33-29-25-21-17-13-9-3)50-46-42-38-34-30-26-22-18-14-10-4;2*1-4(2)3/h52H,5,7-50H2,1-4,6H3;2*(H-,1,2,3)/p+2. The molecule has 0 fully saturated rings. The van der Waals surface area contributed by atoms with Crippen molar-refractivity contribution in [1.82, 2.24) is 0 Å². The molecule has 0 bridgehead atoms. The van der Waals surface area contributed by atoms with Gasteiger partial charge in [0.1, 0.15) is 5.76 Å². The summed E-state index contributed by atoms with van der Waals surface area (Å²) >= 11 is 0. The van der Waals surface area contributed by atoms with Crippen LogP contribution in [0.25, 0.3) is 0 Å². The van der Waals surface area contributed by atoms with E-state index in [0.717, 1.165) is 5.76 Å². The second-order valence-corrected chi connectivity index (χ2v) is 19.8. The third kappa shape index (κ3) is 61.3. The number of hydrogen-bond donors (Lipinski definition) is 4. The van der Waals surface area contributed by atoms with Crippen LogP contribution in [0.2, 0.25) is 0 Å². The molecule has 0 aliphatic carbocycles. The minimum Gasteiger partial charge on any atom is -0.467 e. The highest BCUT2D eigenvalue weighted by atomic mass is 31.1. The van der Waals surface area contributed by atoms with Crippen LogP contribution in [-0.2, 0) is 13.9 Å². The van der Waals surface area contributed by atoms with E-state index in [4.69, 9.17) is 33.4 Å². The molecule has 0 aromatic heterocycles. The molecule has 0 unspecified atom stereocenters. The van der Waals surface area contributed by atoms with Crippen LogP contribution in [0.1, 0.15) is 317 Å². The number of ether oxygens (including phenoxy) is 1. The first kappa shape index (κ1) is 66.6. The molecule has 9 heteroatoms. The SMILES string of the molecule is C=C(C)OC(=C(CCCCCCCCCCCC)CCCCCCCCCCCC)C(CCCCCCCCCCCC)CCCCCCCCCCCC.O=[P+](O)O.O=[P+](O)O. The first-order chi connectivity index (χ1) is 30.6. The Morgan fingerprint density at radius 1 is 0.381 bits per heavy atom. The topological polar surface area (TPSA) is 124 Å². The lowest BCUT2D eigenvalue weighted by Gasteiger charge is -2.25. The third-order valence-corrected chi connectivity index (χ3v) is 12.5. The van der Waals surface area contributed by atoms with Gasteiger partial charge in [0, 0.05) is 15.0 Å². The van der Waals surface area contributed by atoms with Crippen molar-refractivity contribution in [3.8, 4) is 0 Å². The van der Waals surface area contributed by atoms with E-state index in [1.807, 2.05) is 0 Å². The molecule has 0 rings (SSSR count). The summed E-state index contributed by atoms with van der Waals surface area (Å²) in [7, 11) is -5.74. The summed E-state index contributed by atoms with van der Waals surface area (Å²) in [6.45, 7) is 15.7. The molecule has 0 saturated heterocycles. The monoisotopic (exact) mass is 933 g/mol. The van der Waals surface area contributed by atoms with Crippen LogP contribution in [0.15, 0.2) is 23.7 Å². The van der Waals surface area contributed by atoms with E-state index in [1.165, 1.54) is 288 Å². The molecule has 4 N–H and O–H groups in total. The summed E-state index contributed by atoms with van der Waals surface area (Å²) in [5.74, 6) is 2.89. The molecule has 0 aromatic rings. The molecular formula is C54H110O7P2+2. The van der Waals surface area contributed by atoms with Crippen LogP contribution in [0.3, 0.4) is 0 Å². The van der Waals surface area contributed by atoms with E-state index in [0.29, 0.717) is 5.92 Å². The number of rotatable bonds is 47. The van der Waals surface area contributed by atoms with Crippen molar-refractivity contribution in [2.75, 3.05) is 0 Å². The summed E-state index contributed by atoms with van der Waals surface area (Å²) in [6.07, 6.45) is 61.7. The Hall–Kier alpha value is -0.680. The van der Waals surface area contributed by atoms with Crippen LogP contribution in [0.4, 0.5) is 0 Å². The lowest BCUT2D eigenvalue weighted by molar-refractivity contribution is 0.229. The van der Waals surface area contributed by atoms with Crippen LogP contribution >= 0.6 is 16.5 Å². The van der Waals surface area contributed by atoms with E-state index in [9.17, 15) is 0 Å². The molecule has 376 valence electrons. The van der Waals surface area contributed by atoms with Gasteiger partial charge in [-0.15, -0.1) is 19.6 Å². The lowest BCUT2D eigenvalue weighted by atomic mass is 9.87. The Balaban J connectivity index is -0.00000411. The van der Waals surface area contributed by atoms with Crippen LogP contribution in [0.5, 0.6) is 0 Å². The predicted molar refractivity (Wildman–Crippen MR) is 276 cm³/mol. The maximum absolute atomic E-state index is 8.70. The van der Waals surface area contributed by atoms with E-state index >= 15 is 0 Å². The number of unbranched alkanes of at least 4 members (excludes halogenated alkanes) is 36. The lowest BCUT2D eigenvalue weighted by Crippen LogP contribution is -2.11. The zero-order chi connectivity index (χ0) is 47.3. The third-order valence-electron chi connectivity index (χ3n) is 12.5. The average molecular weight is 933 g/mol. The van der Waals surface area contributed by atoms with Crippen molar-refractivity contribution in [2.45, 2.75) is 317 Å². The highest BCUT2D eigenvalue weighted by Crippen LogP contribution is 2.34. The molecule has 0 aromatic carbocycles. The fourth-order valence-electron chi connectivity index (χ4n) is 8.82. The molecule has 0 atom stereocenters. The number of allylic oxidation sites excluding steroid dienone is 3. The molecule has 0 saturated carbocycles. The van der Waals surface area contributed by atoms with Crippen LogP contribution < -0.4 is 0 Å². The Kier molecular flexibility index (Phi) is 60.7. The van der Waals surface area contributed by atoms with Crippen molar-refractivity contribution in [1.29, 1.82) is 0 Å². The van der Waals surface area contributed by atoms with Crippen molar-refractivity contribution < 1.29 is 33.4 Å². The zero-order valence-corrected chi connectivity index (χ0v) is 44.6. The zero-order valence-electron chi connectivity index (χ0n) is 42.8. The van der Waals surface area contributed by atoms with Gasteiger partial charge in [0.2, 0.25) is 0 Å². The van der Waals surface area contributed by atoms with Gasteiger partial charge >= 0.3 is 16.5 Å². The molecule has 7 nitrogen and oxygen atoms in total. The van der Waals surface area contributed by atoms with E-state index in [-0.39, 0.29) is 0 Å². The van der Waals surface area contributed by atoms with Crippen molar-refractivity contribution in [2.24, 2.45) is 5.92 Å². The first-order valence-corrected chi connectivity index (χ1v) is 29.6. The minimum atomic E-state index is -2.87. The Morgan fingerprint density at radius 3 is 0.778 bits per heavy atom. The van der Waals surface area contributed by atoms with Crippen LogP contribution in [-0.4, -0.2) is 19.6 Å². The maximum atomic E-state index is 8.70. The van der Waals surface area contributed by atoms with Gasteiger partial charge in [-0.05, 0) is 51.0 Å². The Labute approximate surface area is 395 Å².